The van der Waals surface area contributed by atoms with Crippen LogP contribution in [0.1, 0.15) is 51.0 Å². The summed E-state index contributed by atoms with van der Waals surface area (Å²) in [5.41, 5.74) is 7.46. The molecule has 1 heterocycles. The van der Waals surface area contributed by atoms with Gasteiger partial charge in [0, 0.05) is 30.1 Å². The van der Waals surface area contributed by atoms with E-state index in [0.29, 0.717) is 32.2 Å². The van der Waals surface area contributed by atoms with E-state index in [4.69, 9.17) is 20.2 Å². The van der Waals surface area contributed by atoms with Crippen molar-refractivity contribution in [3.63, 3.8) is 0 Å². The number of nitrogens with one attached hydrogen (secondary N) is 1. The van der Waals surface area contributed by atoms with E-state index in [1.807, 2.05) is 19.1 Å². The number of nitrogens with two attached hydrogens (primary N) is 1. The third-order valence-electron chi connectivity index (χ3n) is 6.16. The van der Waals surface area contributed by atoms with Gasteiger partial charge in [-0.1, -0.05) is 31.0 Å². The quantitative estimate of drug-likeness (QED) is 0.564. The molecule has 29 heavy (non-hydrogen) atoms. The first-order chi connectivity index (χ1) is 14.1. The summed E-state index contributed by atoms with van der Waals surface area (Å²) in [5.74, 6) is 1.42. The number of guanidine groups is 1. The maximum absolute atomic E-state index is 11.8. The standard InChI is InChI=1S/C22H34N4O3/c1-3-29-21(27)26-14-10-17(11-15-26)25-20(23)24-16-22(12-6-7-13-22)18-8-4-5-9-19(18)28-2/h4-5,8-9,17H,3,6-7,10-16H2,1-2H3,(H3,23,24,25). The molecule has 1 aromatic rings. The smallest absolute Gasteiger partial charge is 0.409 e. The number of carbonyl (C=O) groups is 1. The molecule has 0 spiro atoms. The van der Waals surface area contributed by atoms with Crippen LogP contribution in [0.3, 0.4) is 0 Å². The molecule has 3 N–H and O–H groups in total. The lowest BCUT2D eigenvalue weighted by molar-refractivity contribution is 0.0963. The number of nitrogens with zero attached hydrogens (tertiary/aromatic N) is 2. The second-order valence-electron chi connectivity index (χ2n) is 7.99. The highest BCUT2D eigenvalue weighted by atomic mass is 16.6. The van der Waals surface area contributed by atoms with Crippen LogP contribution in [0.15, 0.2) is 29.3 Å². The van der Waals surface area contributed by atoms with Crippen molar-refractivity contribution in [1.82, 2.24) is 10.2 Å². The highest BCUT2D eigenvalue weighted by Gasteiger charge is 2.37. The topological polar surface area (TPSA) is 89.2 Å². The minimum absolute atomic E-state index is 0.00776. The fourth-order valence-electron chi connectivity index (χ4n) is 4.56. The van der Waals surface area contributed by atoms with E-state index in [1.54, 1.807) is 12.0 Å². The monoisotopic (exact) mass is 402 g/mol. The normalized spacial score (nSPS) is 19.8. The first-order valence-electron chi connectivity index (χ1n) is 10.7. The highest BCUT2D eigenvalue weighted by Crippen LogP contribution is 2.44. The van der Waals surface area contributed by atoms with E-state index >= 15 is 0 Å². The molecule has 1 aliphatic carbocycles. The van der Waals surface area contributed by atoms with Gasteiger partial charge in [0.25, 0.3) is 0 Å². The minimum atomic E-state index is -0.229. The molecule has 0 unspecified atom stereocenters. The zero-order chi connectivity index (χ0) is 20.7. The van der Waals surface area contributed by atoms with Crippen LogP contribution < -0.4 is 15.8 Å². The van der Waals surface area contributed by atoms with Gasteiger partial charge >= 0.3 is 6.09 Å². The Morgan fingerprint density at radius 3 is 2.62 bits per heavy atom. The Morgan fingerprint density at radius 2 is 1.97 bits per heavy atom. The summed E-state index contributed by atoms with van der Waals surface area (Å²) in [5, 5.41) is 3.35. The van der Waals surface area contributed by atoms with E-state index in [0.717, 1.165) is 31.4 Å². The third kappa shape index (κ3) is 5.14. The number of benzene rings is 1. The van der Waals surface area contributed by atoms with Crippen LogP contribution in [0.2, 0.25) is 0 Å². The minimum Gasteiger partial charge on any atom is -0.496 e. The Kier molecular flexibility index (Phi) is 7.23. The highest BCUT2D eigenvalue weighted by molar-refractivity contribution is 5.78. The van der Waals surface area contributed by atoms with Crippen LogP contribution in [0.4, 0.5) is 4.79 Å². The van der Waals surface area contributed by atoms with E-state index in [2.05, 4.69) is 17.4 Å². The van der Waals surface area contributed by atoms with Crippen molar-refractivity contribution in [1.29, 1.82) is 0 Å². The number of piperidine rings is 1. The molecule has 7 heteroatoms. The molecule has 2 fully saturated rings. The fraction of sp³-hybridized carbons (Fsp3) is 0.636. The van der Waals surface area contributed by atoms with E-state index in [9.17, 15) is 4.79 Å². The number of hydrogen-bond acceptors (Lipinski definition) is 4. The summed E-state index contributed by atoms with van der Waals surface area (Å²) in [4.78, 5) is 18.3. The number of carbonyl (C=O) groups excluding carboxylic acids is 1. The van der Waals surface area contributed by atoms with Gasteiger partial charge in [0.2, 0.25) is 0 Å². The van der Waals surface area contributed by atoms with Gasteiger partial charge in [-0.15, -0.1) is 0 Å². The molecule has 1 saturated carbocycles. The molecular weight excluding hydrogens is 368 g/mol. The zero-order valence-electron chi connectivity index (χ0n) is 17.7. The van der Waals surface area contributed by atoms with Crippen molar-refractivity contribution < 1.29 is 14.3 Å². The second kappa shape index (κ2) is 9.85. The summed E-state index contributed by atoms with van der Waals surface area (Å²) < 4.78 is 10.7. The molecule has 1 aliphatic heterocycles. The third-order valence-corrected chi connectivity index (χ3v) is 6.16. The van der Waals surface area contributed by atoms with Crippen LogP contribution in [0.25, 0.3) is 0 Å². The number of aliphatic imine (C=N–C) groups is 1. The molecule has 0 aromatic heterocycles. The lowest BCUT2D eigenvalue weighted by atomic mass is 9.78. The van der Waals surface area contributed by atoms with Gasteiger partial charge in [-0.25, -0.2) is 4.79 Å². The van der Waals surface area contributed by atoms with Crippen LogP contribution >= 0.6 is 0 Å². The molecule has 160 valence electrons. The Labute approximate surface area is 173 Å². The Hall–Kier alpha value is -2.44. The summed E-state index contributed by atoms with van der Waals surface area (Å²) in [6, 6.07) is 8.50. The fourth-order valence-corrected chi connectivity index (χ4v) is 4.56. The molecule has 0 radical (unpaired) electrons. The summed E-state index contributed by atoms with van der Waals surface area (Å²) in [7, 11) is 1.73. The molecule has 0 atom stereocenters. The molecular formula is C22H34N4O3. The molecule has 1 saturated heterocycles. The van der Waals surface area contributed by atoms with Crippen molar-refractivity contribution >= 4 is 12.1 Å². The van der Waals surface area contributed by atoms with Crippen LogP contribution in [0, 0.1) is 0 Å². The van der Waals surface area contributed by atoms with Crippen molar-refractivity contribution in [2.75, 3.05) is 33.4 Å². The van der Waals surface area contributed by atoms with Crippen LogP contribution in [-0.4, -0.2) is 56.3 Å². The van der Waals surface area contributed by atoms with Crippen LogP contribution in [-0.2, 0) is 10.2 Å². The van der Waals surface area contributed by atoms with E-state index < -0.39 is 0 Å². The molecule has 1 amide bonds. The van der Waals surface area contributed by atoms with Crippen molar-refractivity contribution in [3.8, 4) is 5.75 Å². The molecule has 7 nitrogen and oxygen atoms in total. The van der Waals surface area contributed by atoms with Gasteiger partial charge in [0.05, 0.1) is 20.3 Å². The van der Waals surface area contributed by atoms with E-state index in [-0.39, 0.29) is 17.6 Å². The number of rotatable bonds is 6. The first kappa shape index (κ1) is 21.3. The predicted octanol–water partition coefficient (Wildman–Crippen LogP) is 3.03. The number of amides is 1. The maximum atomic E-state index is 11.8. The molecule has 0 bridgehead atoms. The summed E-state index contributed by atoms with van der Waals surface area (Å²) >= 11 is 0. The number of ether oxygens (including phenoxy) is 2. The SMILES string of the molecule is CCOC(=O)N1CCC(NC(N)=NCC2(c3ccccc3OC)CCCC2)CC1. The van der Waals surface area contributed by atoms with E-state index in [1.165, 1.54) is 18.4 Å². The van der Waals surface area contributed by atoms with Gasteiger partial charge in [-0.3, -0.25) is 4.99 Å². The second-order valence-corrected chi connectivity index (χ2v) is 7.99. The van der Waals surface area contributed by atoms with Gasteiger partial charge in [0.15, 0.2) is 5.96 Å². The average molecular weight is 403 g/mol. The molecule has 3 rings (SSSR count). The first-order valence-corrected chi connectivity index (χ1v) is 10.7. The van der Waals surface area contributed by atoms with Crippen molar-refractivity contribution in [2.45, 2.75) is 56.9 Å². The number of methoxy groups -OCH3 is 1. The predicted molar refractivity (Wildman–Crippen MR) is 114 cm³/mol. The Morgan fingerprint density at radius 1 is 1.28 bits per heavy atom. The van der Waals surface area contributed by atoms with Gasteiger partial charge in [-0.05, 0) is 38.7 Å². The molecule has 1 aromatic carbocycles. The van der Waals surface area contributed by atoms with Gasteiger partial charge in [0.1, 0.15) is 5.75 Å². The van der Waals surface area contributed by atoms with Gasteiger partial charge in [-0.2, -0.15) is 0 Å². The summed E-state index contributed by atoms with van der Waals surface area (Å²) in [6.07, 6.45) is 6.05. The van der Waals surface area contributed by atoms with Crippen molar-refractivity contribution in [3.05, 3.63) is 29.8 Å². The molecule has 2 aliphatic rings. The lowest BCUT2D eigenvalue weighted by Crippen LogP contribution is -2.48. The Balaban J connectivity index is 1.59. The Bertz CT molecular complexity index is 708. The van der Waals surface area contributed by atoms with Crippen molar-refractivity contribution in [2.24, 2.45) is 10.7 Å². The number of hydrogen-bond donors (Lipinski definition) is 2. The number of likely N-dealkylation sites (tertiary alicyclic amines) is 1. The lowest BCUT2D eigenvalue weighted by Gasteiger charge is -2.32. The maximum Gasteiger partial charge on any atom is 0.409 e. The van der Waals surface area contributed by atoms with Crippen LogP contribution in [0.5, 0.6) is 5.75 Å². The zero-order valence-corrected chi connectivity index (χ0v) is 17.7. The summed E-state index contributed by atoms with van der Waals surface area (Å²) in [6.45, 7) is 4.24. The van der Waals surface area contributed by atoms with Gasteiger partial charge < -0.3 is 25.4 Å². The number of para-hydroxylation sites is 1. The largest absolute Gasteiger partial charge is 0.496 e. The average Bonchev–Trinajstić information content (AvgIpc) is 3.23.